The van der Waals surface area contributed by atoms with Crippen molar-refractivity contribution in [2.24, 2.45) is 0 Å². The second-order valence-electron chi connectivity index (χ2n) is 4.50. The zero-order valence-electron chi connectivity index (χ0n) is 11.1. The molecule has 0 N–H and O–H groups in total. The van der Waals surface area contributed by atoms with Gasteiger partial charge in [0.15, 0.2) is 0 Å². The predicted octanol–water partition coefficient (Wildman–Crippen LogP) is 4.54. The van der Waals surface area contributed by atoms with E-state index in [1.807, 2.05) is 6.92 Å². The summed E-state index contributed by atoms with van der Waals surface area (Å²) in [4.78, 5) is 0. The van der Waals surface area contributed by atoms with E-state index in [-0.39, 0.29) is 6.10 Å². The highest BCUT2D eigenvalue weighted by atomic mass is 16.5. The summed E-state index contributed by atoms with van der Waals surface area (Å²) in [5.74, 6) is 0. The van der Waals surface area contributed by atoms with E-state index in [2.05, 4.69) is 51.8 Å². The van der Waals surface area contributed by atoms with Crippen LogP contribution in [0.3, 0.4) is 0 Å². The lowest BCUT2D eigenvalue weighted by molar-refractivity contribution is 0.178. The van der Waals surface area contributed by atoms with Crippen molar-refractivity contribution in [3.8, 4) is 0 Å². The van der Waals surface area contributed by atoms with Crippen molar-refractivity contribution in [3.05, 3.63) is 65.1 Å². The smallest absolute Gasteiger partial charge is 0.145 e. The third-order valence-corrected chi connectivity index (χ3v) is 2.74. The molecule has 1 unspecified atom stereocenters. The predicted molar refractivity (Wildman–Crippen MR) is 73.0 cm³/mol. The molecule has 0 heterocycles. The Labute approximate surface area is 104 Å². The van der Waals surface area contributed by atoms with Gasteiger partial charge in [-0.25, -0.2) is 0 Å². The van der Waals surface area contributed by atoms with E-state index in [1.165, 1.54) is 28.5 Å². The third-order valence-electron chi connectivity index (χ3n) is 2.74. The summed E-state index contributed by atoms with van der Waals surface area (Å²) in [7, 11) is 0. The van der Waals surface area contributed by atoms with E-state index in [1.54, 1.807) is 0 Å². The molecule has 0 aliphatic carbocycles. The fourth-order valence-corrected chi connectivity index (χ4v) is 2.15. The maximum atomic E-state index is 5.64. The number of rotatable bonds is 4. The Morgan fingerprint density at radius 2 is 1.82 bits per heavy atom. The first-order chi connectivity index (χ1) is 7.97. The Morgan fingerprint density at radius 3 is 2.24 bits per heavy atom. The van der Waals surface area contributed by atoms with E-state index >= 15 is 0 Å². The maximum Gasteiger partial charge on any atom is 0.145 e. The van der Waals surface area contributed by atoms with Gasteiger partial charge in [-0.3, -0.25) is 0 Å². The van der Waals surface area contributed by atoms with E-state index in [4.69, 9.17) is 4.74 Å². The zero-order valence-corrected chi connectivity index (χ0v) is 11.1. The van der Waals surface area contributed by atoms with Gasteiger partial charge in [0.05, 0.1) is 0 Å². The van der Waals surface area contributed by atoms with Gasteiger partial charge in [0.2, 0.25) is 0 Å². The summed E-state index contributed by atoms with van der Waals surface area (Å²) in [5.41, 5.74) is 8.53. The molecular weight excluding hydrogens is 208 g/mol. The number of hydrogen-bond acceptors (Lipinski definition) is 1. The molecule has 90 valence electrons. The molecule has 1 atom stereocenters. The summed E-state index contributed by atoms with van der Waals surface area (Å²) < 4.78 is 5.64. The van der Waals surface area contributed by atoms with Gasteiger partial charge in [-0.2, -0.15) is 0 Å². The van der Waals surface area contributed by atoms with Crippen molar-refractivity contribution in [2.45, 2.75) is 33.8 Å². The lowest BCUT2D eigenvalue weighted by atomic mass is 9.93. The summed E-state index contributed by atoms with van der Waals surface area (Å²) in [6, 6.07) is 4.33. The SMILES string of the molecule is C=C=COC(C(=C)C)c1c(C)cc(C)cc1C. The van der Waals surface area contributed by atoms with Crippen LogP contribution < -0.4 is 0 Å². The molecule has 0 amide bonds. The minimum Gasteiger partial charge on any atom is -0.481 e. The monoisotopic (exact) mass is 228 g/mol. The largest absolute Gasteiger partial charge is 0.481 e. The molecule has 0 saturated carbocycles. The molecule has 1 heteroatoms. The number of aryl methyl sites for hydroxylation is 3. The fraction of sp³-hybridized carbons (Fsp3) is 0.312. The number of benzene rings is 1. The van der Waals surface area contributed by atoms with Crippen molar-refractivity contribution in [2.75, 3.05) is 0 Å². The summed E-state index contributed by atoms with van der Waals surface area (Å²) in [6.45, 7) is 15.8. The van der Waals surface area contributed by atoms with Gasteiger partial charge >= 0.3 is 0 Å². The molecule has 0 saturated heterocycles. The molecule has 17 heavy (non-hydrogen) atoms. The minimum absolute atomic E-state index is 0.121. The first-order valence-corrected chi connectivity index (χ1v) is 5.70. The van der Waals surface area contributed by atoms with E-state index in [0.717, 1.165) is 5.57 Å². The first-order valence-electron chi connectivity index (χ1n) is 5.70. The van der Waals surface area contributed by atoms with Crippen molar-refractivity contribution in [1.82, 2.24) is 0 Å². The molecule has 0 radical (unpaired) electrons. The molecule has 1 aromatic carbocycles. The molecule has 1 nitrogen and oxygen atoms in total. The average molecular weight is 228 g/mol. The van der Waals surface area contributed by atoms with E-state index in [0.29, 0.717) is 0 Å². The zero-order chi connectivity index (χ0) is 13.0. The molecule has 1 rings (SSSR count). The van der Waals surface area contributed by atoms with Crippen molar-refractivity contribution < 1.29 is 4.74 Å². The van der Waals surface area contributed by atoms with Crippen LogP contribution in [0.1, 0.15) is 35.3 Å². The van der Waals surface area contributed by atoms with Crippen LogP contribution in [0.15, 0.2) is 42.9 Å². The van der Waals surface area contributed by atoms with Crippen molar-refractivity contribution in [1.29, 1.82) is 0 Å². The molecule has 1 aromatic rings. The number of ether oxygens (including phenoxy) is 1. The molecule has 0 spiro atoms. The average Bonchev–Trinajstić information content (AvgIpc) is 2.20. The minimum atomic E-state index is -0.121. The van der Waals surface area contributed by atoms with E-state index in [9.17, 15) is 0 Å². The van der Waals surface area contributed by atoms with Gasteiger partial charge in [0.1, 0.15) is 12.4 Å². The third kappa shape index (κ3) is 3.12. The van der Waals surface area contributed by atoms with Crippen LogP contribution in [-0.2, 0) is 4.74 Å². The fourth-order valence-electron chi connectivity index (χ4n) is 2.15. The second-order valence-corrected chi connectivity index (χ2v) is 4.50. The highest BCUT2D eigenvalue weighted by Crippen LogP contribution is 2.31. The van der Waals surface area contributed by atoms with Gasteiger partial charge in [0, 0.05) is 5.56 Å². The second kappa shape index (κ2) is 5.56. The van der Waals surface area contributed by atoms with Crippen LogP contribution in [0, 0.1) is 20.8 Å². The van der Waals surface area contributed by atoms with Crippen LogP contribution in [0.2, 0.25) is 0 Å². The van der Waals surface area contributed by atoms with Crippen LogP contribution in [0.5, 0.6) is 0 Å². The molecule has 0 fully saturated rings. The van der Waals surface area contributed by atoms with Gasteiger partial charge in [-0.05, 0) is 44.4 Å². The normalized spacial score (nSPS) is 11.5. The summed E-state index contributed by atoms with van der Waals surface area (Å²) in [6.07, 6.45) is 1.38. The topological polar surface area (TPSA) is 9.23 Å². The molecule has 0 aliphatic heterocycles. The Kier molecular flexibility index (Phi) is 4.37. The Morgan fingerprint density at radius 1 is 1.29 bits per heavy atom. The molecule has 0 bridgehead atoms. The van der Waals surface area contributed by atoms with Crippen LogP contribution >= 0.6 is 0 Å². The van der Waals surface area contributed by atoms with Crippen LogP contribution in [0.25, 0.3) is 0 Å². The molecule has 0 aromatic heterocycles. The van der Waals surface area contributed by atoms with Crippen molar-refractivity contribution in [3.63, 3.8) is 0 Å². The maximum absolute atomic E-state index is 5.64. The standard InChI is InChI=1S/C16H20O/c1-7-8-17-16(11(2)3)15-13(5)9-12(4)10-14(15)6/h8-10,16H,1-2H2,3-6H3. The number of hydrogen-bond donors (Lipinski definition) is 0. The van der Waals surface area contributed by atoms with Crippen LogP contribution in [-0.4, -0.2) is 0 Å². The van der Waals surface area contributed by atoms with Crippen LogP contribution in [0.4, 0.5) is 0 Å². The molecule has 0 aliphatic rings. The summed E-state index contributed by atoms with van der Waals surface area (Å²) in [5, 5.41) is 0. The Balaban J connectivity index is 3.27. The highest BCUT2D eigenvalue weighted by molar-refractivity contribution is 5.41. The lowest BCUT2D eigenvalue weighted by Crippen LogP contribution is -2.06. The van der Waals surface area contributed by atoms with Gasteiger partial charge in [-0.15, -0.1) is 0 Å². The summed E-state index contributed by atoms with van der Waals surface area (Å²) >= 11 is 0. The Hall–Kier alpha value is -1.72. The molecular formula is C16H20O. The first kappa shape index (κ1) is 13.3. The van der Waals surface area contributed by atoms with Crippen molar-refractivity contribution >= 4 is 0 Å². The van der Waals surface area contributed by atoms with Gasteiger partial charge in [-0.1, -0.05) is 36.6 Å². The highest BCUT2D eigenvalue weighted by Gasteiger charge is 2.17. The van der Waals surface area contributed by atoms with Gasteiger partial charge in [0.25, 0.3) is 0 Å². The van der Waals surface area contributed by atoms with E-state index < -0.39 is 0 Å². The van der Waals surface area contributed by atoms with Gasteiger partial charge < -0.3 is 4.74 Å². The lowest BCUT2D eigenvalue weighted by Gasteiger charge is -2.21. The quantitative estimate of drug-likeness (QED) is 0.417. The Bertz CT molecular complexity index is 453.